The van der Waals surface area contributed by atoms with Crippen molar-refractivity contribution in [2.45, 2.75) is 6.42 Å². The van der Waals surface area contributed by atoms with Gasteiger partial charge in [0.25, 0.3) is 0 Å². The molecule has 1 rings (SSSR count). The molecule has 0 aliphatic rings. The number of para-hydroxylation sites is 2. The quantitative estimate of drug-likeness (QED) is 0.449. The van der Waals surface area contributed by atoms with Crippen LogP contribution in [0.5, 0.6) is 0 Å². The van der Waals surface area contributed by atoms with Crippen LogP contribution in [0.4, 0.5) is 11.4 Å². The van der Waals surface area contributed by atoms with Crippen LogP contribution in [0.2, 0.25) is 0 Å². The van der Waals surface area contributed by atoms with Crippen molar-refractivity contribution in [1.82, 2.24) is 0 Å². The molecule has 1 aromatic carbocycles. The van der Waals surface area contributed by atoms with Crippen LogP contribution in [0.3, 0.4) is 0 Å². The van der Waals surface area contributed by atoms with Gasteiger partial charge in [-0.1, -0.05) is 12.1 Å². The Morgan fingerprint density at radius 2 is 1.87 bits per heavy atom. The molecule has 3 N–H and O–H groups in total. The Morgan fingerprint density at radius 3 is 2.40 bits per heavy atom. The third-order valence-corrected chi connectivity index (χ3v) is 2.20. The van der Waals surface area contributed by atoms with Crippen LogP contribution in [0.25, 0.3) is 0 Å². The summed E-state index contributed by atoms with van der Waals surface area (Å²) >= 11 is 1.93. The molecule has 5 nitrogen and oxygen atoms in total. The molecule has 0 unspecified atom stereocenters. The van der Waals surface area contributed by atoms with E-state index >= 15 is 0 Å². The van der Waals surface area contributed by atoms with E-state index < -0.39 is 18.3 Å². The van der Waals surface area contributed by atoms with Crippen LogP contribution in [0.1, 0.15) is 6.42 Å². The lowest BCUT2D eigenvalue weighted by Crippen LogP contribution is -2.16. The summed E-state index contributed by atoms with van der Waals surface area (Å²) in [5.74, 6) is -1.69. The van der Waals surface area contributed by atoms with Crippen molar-refractivity contribution in [2.24, 2.45) is 0 Å². The van der Waals surface area contributed by atoms with Gasteiger partial charge in [0.1, 0.15) is 6.42 Å². The highest BCUT2D eigenvalue weighted by Gasteiger charge is 2.09. The fourth-order valence-corrected chi connectivity index (χ4v) is 1.48. The van der Waals surface area contributed by atoms with Crippen LogP contribution in [0, 0.1) is 0 Å². The zero-order valence-corrected chi connectivity index (χ0v) is 9.82. The number of carbonyl (C=O) groups is 2. The van der Waals surface area contributed by atoms with Crippen molar-refractivity contribution in [3.8, 4) is 0 Å². The SMILES string of the molecule is O=C(O)CC(=O)Nc1ccccc1NI. The zero-order valence-electron chi connectivity index (χ0n) is 7.66. The fourth-order valence-electron chi connectivity index (χ4n) is 1.01. The molecule has 0 aliphatic carbocycles. The molecule has 1 aromatic rings. The third-order valence-electron chi connectivity index (χ3n) is 1.61. The number of anilines is 2. The van der Waals surface area contributed by atoms with Crippen LogP contribution < -0.4 is 8.85 Å². The van der Waals surface area contributed by atoms with Crippen molar-refractivity contribution in [3.63, 3.8) is 0 Å². The number of carboxylic acid groups (broad SMARTS) is 1. The number of amides is 1. The molecular weight excluding hydrogens is 311 g/mol. The topological polar surface area (TPSA) is 78.4 Å². The molecular formula is C9H9IN2O3. The summed E-state index contributed by atoms with van der Waals surface area (Å²) in [7, 11) is 0. The van der Waals surface area contributed by atoms with Gasteiger partial charge in [0.15, 0.2) is 0 Å². The first-order chi connectivity index (χ1) is 7.13. The maximum Gasteiger partial charge on any atom is 0.312 e. The van der Waals surface area contributed by atoms with Gasteiger partial charge in [-0.3, -0.25) is 9.59 Å². The Bertz CT molecular complexity index is 381. The lowest BCUT2D eigenvalue weighted by Gasteiger charge is -2.08. The molecule has 0 spiro atoms. The second kappa shape index (κ2) is 5.54. The number of benzene rings is 1. The molecule has 1 amide bonds. The lowest BCUT2D eigenvalue weighted by molar-refractivity contribution is -0.139. The summed E-state index contributed by atoms with van der Waals surface area (Å²) in [4.78, 5) is 21.4. The Hall–Kier alpha value is -1.31. The number of nitrogens with one attached hydrogen (secondary N) is 2. The lowest BCUT2D eigenvalue weighted by atomic mass is 10.2. The highest BCUT2D eigenvalue weighted by molar-refractivity contribution is 14.1. The van der Waals surface area contributed by atoms with E-state index in [9.17, 15) is 9.59 Å². The van der Waals surface area contributed by atoms with Crippen molar-refractivity contribution in [1.29, 1.82) is 0 Å². The Morgan fingerprint density at radius 1 is 1.27 bits per heavy atom. The molecule has 0 radical (unpaired) electrons. The predicted octanol–water partition coefficient (Wildman–Crippen LogP) is 1.86. The highest BCUT2D eigenvalue weighted by atomic mass is 127. The molecule has 0 aromatic heterocycles. The average Bonchev–Trinajstić information content (AvgIpc) is 2.17. The van der Waals surface area contributed by atoms with Crippen LogP contribution >= 0.6 is 22.9 Å². The minimum absolute atomic E-state index is 0.532. The van der Waals surface area contributed by atoms with Crippen LogP contribution in [-0.2, 0) is 9.59 Å². The van der Waals surface area contributed by atoms with E-state index in [1.54, 1.807) is 18.2 Å². The highest BCUT2D eigenvalue weighted by Crippen LogP contribution is 2.22. The third kappa shape index (κ3) is 3.74. The predicted molar refractivity (Wildman–Crippen MR) is 65.0 cm³/mol. The van der Waals surface area contributed by atoms with E-state index in [0.29, 0.717) is 5.69 Å². The number of hydrogen-bond acceptors (Lipinski definition) is 3. The van der Waals surface area contributed by atoms with Gasteiger partial charge in [0, 0.05) is 0 Å². The molecule has 0 saturated heterocycles. The van der Waals surface area contributed by atoms with E-state index in [1.165, 1.54) is 0 Å². The van der Waals surface area contributed by atoms with Crippen molar-refractivity contribution >= 4 is 46.1 Å². The molecule has 15 heavy (non-hydrogen) atoms. The van der Waals surface area contributed by atoms with Gasteiger partial charge in [-0.25, -0.2) is 0 Å². The average molecular weight is 320 g/mol. The number of aliphatic carboxylic acids is 1. The van der Waals surface area contributed by atoms with E-state index in [-0.39, 0.29) is 0 Å². The Balaban J connectivity index is 2.71. The van der Waals surface area contributed by atoms with E-state index in [2.05, 4.69) is 8.85 Å². The van der Waals surface area contributed by atoms with Crippen molar-refractivity contribution in [2.75, 3.05) is 8.85 Å². The Kier molecular flexibility index (Phi) is 4.35. The summed E-state index contributed by atoms with van der Waals surface area (Å²) in [5, 5.41) is 10.9. The van der Waals surface area contributed by atoms with Gasteiger partial charge < -0.3 is 14.0 Å². The molecule has 0 fully saturated rings. The second-order valence-corrected chi connectivity index (χ2v) is 3.30. The zero-order chi connectivity index (χ0) is 11.3. The summed E-state index contributed by atoms with van der Waals surface area (Å²) in [6.45, 7) is 0. The summed E-state index contributed by atoms with van der Waals surface area (Å²) in [6.07, 6.45) is -0.532. The van der Waals surface area contributed by atoms with E-state index in [1.807, 2.05) is 28.9 Å². The van der Waals surface area contributed by atoms with Crippen LogP contribution in [0.15, 0.2) is 24.3 Å². The van der Waals surface area contributed by atoms with Crippen LogP contribution in [-0.4, -0.2) is 17.0 Å². The largest absolute Gasteiger partial charge is 0.481 e. The first kappa shape index (κ1) is 11.8. The second-order valence-electron chi connectivity index (χ2n) is 2.76. The number of rotatable bonds is 4. The van der Waals surface area contributed by atoms with Gasteiger partial charge in [-0.15, -0.1) is 0 Å². The minimum Gasteiger partial charge on any atom is -0.481 e. The number of carboxylic acids is 1. The number of halogens is 1. The molecule has 0 bridgehead atoms. The molecule has 80 valence electrons. The Labute approximate surface area is 100 Å². The maximum absolute atomic E-state index is 11.2. The minimum atomic E-state index is -1.15. The molecule has 0 heterocycles. The van der Waals surface area contributed by atoms with Gasteiger partial charge in [0.05, 0.1) is 34.2 Å². The maximum atomic E-state index is 11.2. The summed E-state index contributed by atoms with van der Waals surface area (Å²) in [6, 6.07) is 7.05. The first-order valence-corrected chi connectivity index (χ1v) is 5.18. The number of carbonyl (C=O) groups excluding carboxylic acids is 1. The molecule has 0 aliphatic heterocycles. The van der Waals surface area contributed by atoms with E-state index in [4.69, 9.17) is 5.11 Å². The molecule has 0 atom stereocenters. The smallest absolute Gasteiger partial charge is 0.312 e. The van der Waals surface area contributed by atoms with Gasteiger partial charge >= 0.3 is 5.97 Å². The normalized spacial score (nSPS) is 9.40. The monoisotopic (exact) mass is 320 g/mol. The summed E-state index contributed by atoms with van der Waals surface area (Å²) in [5.41, 5.74) is 1.30. The molecule has 6 heteroatoms. The number of hydrogen-bond donors (Lipinski definition) is 3. The van der Waals surface area contributed by atoms with Gasteiger partial charge in [-0.2, -0.15) is 0 Å². The summed E-state index contributed by atoms with van der Waals surface area (Å²) < 4.78 is 2.86. The van der Waals surface area contributed by atoms with Crippen molar-refractivity contribution < 1.29 is 14.7 Å². The molecule has 0 saturated carbocycles. The van der Waals surface area contributed by atoms with Gasteiger partial charge in [-0.05, 0) is 12.1 Å². The van der Waals surface area contributed by atoms with Gasteiger partial charge in [0.2, 0.25) is 5.91 Å². The standard InChI is InChI=1S/C9H9IN2O3/c10-12-7-4-2-1-3-6(7)11-8(13)5-9(14)15/h1-4,12H,5H2,(H,11,13)(H,14,15). The van der Waals surface area contributed by atoms with Crippen molar-refractivity contribution in [3.05, 3.63) is 24.3 Å². The first-order valence-electron chi connectivity index (χ1n) is 4.11. The van der Waals surface area contributed by atoms with E-state index in [0.717, 1.165) is 5.69 Å². The fraction of sp³-hybridized carbons (Fsp3) is 0.111.